The van der Waals surface area contributed by atoms with Gasteiger partial charge in [-0.15, -0.1) is 0 Å². The van der Waals surface area contributed by atoms with E-state index >= 15 is 0 Å². The number of methoxy groups -OCH3 is 3. The number of anilines is 4. The lowest BCUT2D eigenvalue weighted by Gasteiger charge is -2.22. The number of primary amides is 1. The van der Waals surface area contributed by atoms with Crippen molar-refractivity contribution in [2.75, 3.05) is 82.1 Å². The number of aromatic amines is 1. The van der Waals surface area contributed by atoms with Crippen molar-refractivity contribution in [3.8, 4) is 23.0 Å². The molecule has 0 saturated carbocycles. The molecule has 0 spiro atoms. The highest BCUT2D eigenvalue weighted by molar-refractivity contribution is 6.08. The van der Waals surface area contributed by atoms with Gasteiger partial charge in [0, 0.05) is 72.6 Å². The number of amides is 9. The fourth-order valence-corrected chi connectivity index (χ4v) is 10.6. The van der Waals surface area contributed by atoms with Crippen LogP contribution in [0.1, 0.15) is 98.4 Å². The summed E-state index contributed by atoms with van der Waals surface area (Å²) in [6, 6.07) is 17.1. The Morgan fingerprint density at radius 3 is 1.22 bits per heavy atom. The number of nitrogens with one attached hydrogen (secondary N) is 16. The highest BCUT2D eigenvalue weighted by atomic mass is 16.5. The van der Waals surface area contributed by atoms with Gasteiger partial charge in [0.1, 0.15) is 47.2 Å². The summed E-state index contributed by atoms with van der Waals surface area (Å²) < 4.78 is 22.0. The van der Waals surface area contributed by atoms with Crippen LogP contribution in [0.25, 0.3) is 10.9 Å². The normalized spacial score (nSPS) is 12.2. The minimum absolute atomic E-state index is 0.00914. The Bertz CT molecular complexity index is 4130. The van der Waals surface area contributed by atoms with E-state index in [4.69, 9.17) is 69.6 Å². The average molecular weight is 1460 g/mol. The lowest BCUT2D eigenvalue weighted by Crippen LogP contribution is -2.46. The molecule has 5 aromatic carbocycles. The maximum absolute atomic E-state index is 14.6. The number of aromatic nitrogens is 1. The van der Waals surface area contributed by atoms with E-state index in [2.05, 4.69) is 68.8 Å². The molecule has 1 heterocycles. The van der Waals surface area contributed by atoms with E-state index in [0.29, 0.717) is 31.5 Å². The number of nitrogens with two attached hydrogens (primary N) is 6. The molecule has 37 nitrogen and oxygen atoms in total. The van der Waals surface area contributed by atoms with Crippen LogP contribution in [-0.4, -0.2) is 178 Å². The lowest BCUT2D eigenvalue weighted by atomic mass is 10.0. The Hall–Kier alpha value is -12.8. The van der Waals surface area contributed by atoms with Gasteiger partial charge in [0.25, 0.3) is 23.6 Å². The molecule has 0 bridgehead atoms. The molecule has 0 aliphatic carbocycles. The third kappa shape index (κ3) is 25.4. The van der Waals surface area contributed by atoms with E-state index in [1.54, 1.807) is 6.20 Å². The van der Waals surface area contributed by atoms with Gasteiger partial charge in [0.15, 0.2) is 24.5 Å². The zero-order valence-electron chi connectivity index (χ0n) is 57.9. The first-order chi connectivity index (χ1) is 50.2. The SMILES string of the molecule is COc1ccc(NC(=O)[C@@H](CCCNC(=N)N)NC(=O)c2cc(NC(=O)[C@@H](CCCNC(=N)N)NC(=O)c3cc(NC(=O)[C@@H](CCCNCN)NC(=O)c4cc(NC(=O)[C@H](N)CCCNC(=N)N)ccc4OC)ccc3OC)ccc2OCC(=O)O)cc1C(=O)N[C@H](Cc1c[nH]c2ccccc12)C(N)=O. The second-order valence-corrected chi connectivity index (χ2v) is 23.6. The highest BCUT2D eigenvalue weighted by Crippen LogP contribution is 2.29. The quantitative estimate of drug-likeness (QED) is 0.0104. The molecule has 1 aromatic heterocycles. The Labute approximate surface area is 602 Å². The first-order valence-electron chi connectivity index (χ1n) is 33.0. The van der Waals surface area contributed by atoms with Crippen molar-refractivity contribution in [3.05, 3.63) is 131 Å². The van der Waals surface area contributed by atoms with Crippen LogP contribution >= 0.6 is 0 Å². The third-order valence-electron chi connectivity index (χ3n) is 15.9. The summed E-state index contributed by atoms with van der Waals surface area (Å²) in [6.07, 6.45) is 2.79. The van der Waals surface area contributed by atoms with Gasteiger partial charge in [0.05, 0.1) is 49.6 Å². The summed E-state index contributed by atoms with van der Waals surface area (Å²) in [5, 5.41) is 65.4. The molecule has 0 saturated heterocycles. The van der Waals surface area contributed by atoms with Crippen LogP contribution in [0, 0.1) is 16.2 Å². The van der Waals surface area contributed by atoms with E-state index in [9.17, 15) is 53.1 Å². The smallest absolute Gasteiger partial charge is 0.341 e. The van der Waals surface area contributed by atoms with Crippen molar-refractivity contribution < 1.29 is 72.0 Å². The van der Waals surface area contributed by atoms with Crippen molar-refractivity contribution in [2.45, 2.75) is 88.0 Å². The molecule has 0 aliphatic rings. The Morgan fingerprint density at radius 1 is 0.476 bits per heavy atom. The van der Waals surface area contributed by atoms with Crippen LogP contribution in [0.4, 0.5) is 22.7 Å². The van der Waals surface area contributed by atoms with E-state index in [1.165, 1.54) is 88.1 Å². The Morgan fingerprint density at radius 2 is 0.838 bits per heavy atom. The third-order valence-corrected chi connectivity index (χ3v) is 15.9. The number of benzene rings is 5. The molecule has 562 valence electrons. The molecule has 37 heteroatoms. The zero-order valence-corrected chi connectivity index (χ0v) is 57.9. The van der Waals surface area contributed by atoms with Crippen molar-refractivity contribution in [2.24, 2.45) is 34.4 Å². The van der Waals surface area contributed by atoms with E-state index in [0.717, 1.165) is 17.0 Å². The number of fused-ring (bicyclic) bond motifs is 1. The summed E-state index contributed by atoms with van der Waals surface area (Å²) in [6.45, 7) is -0.0285. The van der Waals surface area contributed by atoms with E-state index in [-0.39, 0.29) is 151 Å². The summed E-state index contributed by atoms with van der Waals surface area (Å²) >= 11 is 0. The number of carbonyl (C=O) groups is 10. The van der Waals surface area contributed by atoms with Gasteiger partial charge in [-0.1, -0.05) is 18.2 Å². The number of H-pyrrole nitrogens is 1. The second-order valence-electron chi connectivity index (χ2n) is 23.6. The molecule has 0 aliphatic heterocycles. The van der Waals surface area contributed by atoms with Gasteiger partial charge >= 0.3 is 5.97 Å². The number of carboxylic acid groups (broad SMARTS) is 1. The van der Waals surface area contributed by atoms with Crippen molar-refractivity contribution >= 4 is 111 Å². The summed E-state index contributed by atoms with van der Waals surface area (Å²) in [5.41, 5.74) is 34.9. The summed E-state index contributed by atoms with van der Waals surface area (Å²) in [7, 11) is 3.91. The number of carboxylic acids is 1. The predicted molar refractivity (Wildman–Crippen MR) is 391 cm³/mol. The fraction of sp³-hybridized carbons (Fsp3) is 0.338. The number of hydrogen-bond acceptors (Lipinski definition) is 20. The standard InChI is InChI=1S/C68H90N22O15/c1-102-52-20-16-37(83-62(98)46(70)11-6-25-79-66(72)73)29-42(52)58(94)87-48(13-7-24-78-35-69)63(99)84-38-17-21-53(103-2)43(30-38)59(95)88-49(14-8-26-80-67(74)75)64(100)86-40-19-23-55(105-34-56(91)92)45(32-40)61(97)89-50(15-9-27-81-68(76)77)65(101)85-39-18-22-54(104-3)44(31-39)60(96)90-51(57(71)93)28-36-33-82-47-12-5-4-10-41(36)47/h4-5,10,12,16-23,29-33,46,48-51,78,82H,6-9,11,13-15,24-28,34-35,69-70H2,1-3H3,(H2,71,93)(H,83,98)(H,84,99)(H,85,101)(H,86,100)(H,87,94)(H,88,95)(H,89,97)(H,90,96)(H,91,92)(H4,72,73,79)(H4,74,75,80)(H4,76,77,81)/t46-,48-,49-,50-,51-/m1/s1. The minimum Gasteiger partial charge on any atom is -0.496 e. The average Bonchev–Trinajstić information content (AvgIpc) is 1.70. The Kier molecular flexibility index (Phi) is 31.4. The molecular weight excluding hydrogens is 1360 g/mol. The molecule has 0 radical (unpaired) electrons. The summed E-state index contributed by atoms with van der Waals surface area (Å²) in [5.74, 6) is -9.86. The van der Waals surface area contributed by atoms with Crippen LogP contribution in [-0.2, 0) is 35.2 Å². The molecule has 5 atom stereocenters. The van der Waals surface area contributed by atoms with Crippen LogP contribution < -0.4 is 117 Å². The highest BCUT2D eigenvalue weighted by Gasteiger charge is 2.30. The number of para-hydroxylation sites is 1. The summed E-state index contributed by atoms with van der Waals surface area (Å²) in [4.78, 5) is 141. The van der Waals surface area contributed by atoms with Crippen molar-refractivity contribution in [1.82, 2.24) is 47.5 Å². The zero-order chi connectivity index (χ0) is 76.7. The van der Waals surface area contributed by atoms with E-state index < -0.39 is 96.0 Å². The van der Waals surface area contributed by atoms with Crippen LogP contribution in [0.2, 0.25) is 0 Å². The van der Waals surface area contributed by atoms with Gasteiger partial charge in [-0.25, -0.2) is 4.79 Å². The fourth-order valence-electron chi connectivity index (χ4n) is 10.6. The van der Waals surface area contributed by atoms with Crippen LogP contribution in [0.5, 0.6) is 23.0 Å². The number of aliphatic carboxylic acids is 1. The molecule has 9 amide bonds. The molecule has 29 N–H and O–H groups in total. The number of ether oxygens (including phenoxy) is 4. The largest absolute Gasteiger partial charge is 0.496 e. The second kappa shape index (κ2) is 40.6. The first-order valence-corrected chi connectivity index (χ1v) is 33.0. The van der Waals surface area contributed by atoms with Crippen molar-refractivity contribution in [3.63, 3.8) is 0 Å². The topological polar surface area (TPSA) is 616 Å². The number of carbonyl (C=O) groups excluding carboxylic acids is 9. The van der Waals surface area contributed by atoms with E-state index in [1.807, 2.05) is 24.3 Å². The number of guanidine groups is 3. The molecule has 6 rings (SSSR count). The maximum Gasteiger partial charge on any atom is 0.341 e. The van der Waals surface area contributed by atoms with Gasteiger partial charge < -0.3 is 127 Å². The van der Waals surface area contributed by atoms with Gasteiger partial charge in [-0.2, -0.15) is 0 Å². The van der Waals surface area contributed by atoms with Crippen LogP contribution in [0.3, 0.4) is 0 Å². The maximum atomic E-state index is 14.6. The van der Waals surface area contributed by atoms with Crippen LogP contribution in [0.15, 0.2) is 103 Å². The van der Waals surface area contributed by atoms with Gasteiger partial charge in [0.2, 0.25) is 29.5 Å². The van der Waals surface area contributed by atoms with Crippen molar-refractivity contribution in [1.29, 1.82) is 16.2 Å². The molecule has 0 unspecified atom stereocenters. The molecule has 105 heavy (non-hydrogen) atoms. The predicted octanol–water partition coefficient (Wildman–Crippen LogP) is 0.0364. The number of hydrogen-bond donors (Lipinski definition) is 23. The first kappa shape index (κ1) is 81.2. The Balaban J connectivity index is 1.23. The monoisotopic (exact) mass is 1450 g/mol. The van der Waals surface area contributed by atoms with Gasteiger partial charge in [-0.05, 0) is 142 Å². The molecule has 0 fully saturated rings. The number of rotatable bonds is 42. The lowest BCUT2D eigenvalue weighted by molar-refractivity contribution is -0.139. The molecular formula is C68H90N22O15. The molecule has 6 aromatic rings. The van der Waals surface area contributed by atoms with Gasteiger partial charge in [-0.3, -0.25) is 59.4 Å². The minimum atomic E-state index is -1.43.